The van der Waals surface area contributed by atoms with Crippen LogP contribution in [-0.2, 0) is 9.53 Å². The quantitative estimate of drug-likeness (QED) is 0.354. The van der Waals surface area contributed by atoms with E-state index >= 15 is 0 Å². The zero-order valence-electron chi connectivity index (χ0n) is 14.0. The molecule has 132 valence electrons. The van der Waals surface area contributed by atoms with Gasteiger partial charge in [0.05, 0.1) is 19.1 Å². The van der Waals surface area contributed by atoms with Gasteiger partial charge in [-0.25, -0.2) is 9.79 Å². The highest BCUT2D eigenvalue weighted by atomic mass is 16.6. The van der Waals surface area contributed by atoms with Crippen LogP contribution in [0.1, 0.15) is 11.1 Å². The van der Waals surface area contributed by atoms with Crippen LogP contribution >= 0.6 is 0 Å². The molecule has 8 nitrogen and oxygen atoms in total. The van der Waals surface area contributed by atoms with Gasteiger partial charge in [0, 0.05) is 23.3 Å². The Morgan fingerprint density at radius 1 is 1.15 bits per heavy atom. The van der Waals surface area contributed by atoms with Crippen LogP contribution in [0.25, 0.3) is 6.08 Å². The Hall–Kier alpha value is -3.68. The van der Waals surface area contributed by atoms with Gasteiger partial charge in [0.2, 0.25) is 5.90 Å². The summed E-state index contributed by atoms with van der Waals surface area (Å²) in [5.74, 6) is 0.472. The lowest BCUT2D eigenvalue weighted by Crippen LogP contribution is -2.05. The molecule has 0 spiro atoms. The third kappa shape index (κ3) is 3.39. The Balaban J connectivity index is 1.99. The molecule has 0 saturated heterocycles. The topological polar surface area (TPSA) is 100 Å². The number of methoxy groups -OCH3 is 2. The molecule has 0 aromatic heterocycles. The molecule has 26 heavy (non-hydrogen) atoms. The number of cyclic esters (lactones) is 1. The van der Waals surface area contributed by atoms with E-state index in [0.717, 1.165) is 0 Å². The van der Waals surface area contributed by atoms with Gasteiger partial charge >= 0.3 is 5.97 Å². The van der Waals surface area contributed by atoms with E-state index in [4.69, 9.17) is 14.2 Å². The number of nitrogens with zero attached hydrogens (tertiary/aromatic N) is 2. The van der Waals surface area contributed by atoms with Crippen LogP contribution in [0.4, 0.5) is 5.69 Å². The second-order valence-electron chi connectivity index (χ2n) is 5.25. The van der Waals surface area contributed by atoms with Gasteiger partial charge in [-0.3, -0.25) is 10.1 Å². The standard InChI is InChI=1S/C18H14N2O6/c1-24-14-6-7-16(25-2)12(9-14)10-15-18(21)26-17(19-15)11-4-3-5-13(8-11)20(22)23/h3-10H,1-2H3/b15-10+. The van der Waals surface area contributed by atoms with Crippen molar-refractivity contribution in [1.29, 1.82) is 0 Å². The van der Waals surface area contributed by atoms with Crippen LogP contribution in [0, 0.1) is 10.1 Å². The molecule has 0 saturated carbocycles. The van der Waals surface area contributed by atoms with Crippen LogP contribution < -0.4 is 9.47 Å². The zero-order chi connectivity index (χ0) is 18.7. The first kappa shape index (κ1) is 17.2. The molecule has 0 unspecified atom stereocenters. The smallest absolute Gasteiger partial charge is 0.363 e. The Labute approximate surface area is 148 Å². The largest absolute Gasteiger partial charge is 0.497 e. The van der Waals surface area contributed by atoms with Crippen molar-refractivity contribution in [3.8, 4) is 11.5 Å². The number of nitro groups is 1. The van der Waals surface area contributed by atoms with Gasteiger partial charge in [-0.1, -0.05) is 6.07 Å². The summed E-state index contributed by atoms with van der Waals surface area (Å²) in [7, 11) is 3.04. The number of nitro benzene ring substituents is 1. The minimum Gasteiger partial charge on any atom is -0.497 e. The van der Waals surface area contributed by atoms with Crippen molar-refractivity contribution in [2.45, 2.75) is 0 Å². The monoisotopic (exact) mass is 354 g/mol. The lowest BCUT2D eigenvalue weighted by Gasteiger charge is -2.07. The van der Waals surface area contributed by atoms with Crippen LogP contribution in [0.5, 0.6) is 11.5 Å². The SMILES string of the molecule is COc1ccc(OC)c(/C=C2/N=C(c3cccc([N+](=O)[O-])c3)OC2=O)c1. The Bertz CT molecular complexity index is 948. The van der Waals surface area contributed by atoms with Crippen LogP contribution in [0.3, 0.4) is 0 Å². The summed E-state index contributed by atoms with van der Waals surface area (Å²) >= 11 is 0. The fourth-order valence-electron chi connectivity index (χ4n) is 2.38. The van der Waals surface area contributed by atoms with E-state index in [0.29, 0.717) is 22.6 Å². The highest BCUT2D eigenvalue weighted by Crippen LogP contribution is 2.28. The number of ether oxygens (including phenoxy) is 3. The average molecular weight is 354 g/mol. The van der Waals surface area contributed by atoms with Gasteiger partial charge in [0.1, 0.15) is 11.5 Å². The van der Waals surface area contributed by atoms with Gasteiger partial charge in [0.15, 0.2) is 5.70 Å². The van der Waals surface area contributed by atoms with E-state index in [9.17, 15) is 14.9 Å². The fourth-order valence-corrected chi connectivity index (χ4v) is 2.38. The predicted molar refractivity (Wildman–Crippen MR) is 93.2 cm³/mol. The van der Waals surface area contributed by atoms with Gasteiger partial charge in [-0.2, -0.15) is 0 Å². The summed E-state index contributed by atoms with van der Waals surface area (Å²) in [6.45, 7) is 0. The van der Waals surface area contributed by atoms with Gasteiger partial charge in [-0.15, -0.1) is 0 Å². The molecule has 2 aromatic rings. The summed E-state index contributed by atoms with van der Waals surface area (Å²) < 4.78 is 15.6. The van der Waals surface area contributed by atoms with Gasteiger partial charge in [-0.05, 0) is 30.3 Å². The van der Waals surface area contributed by atoms with Crippen molar-refractivity contribution >= 4 is 23.6 Å². The molecule has 0 atom stereocenters. The lowest BCUT2D eigenvalue weighted by molar-refractivity contribution is -0.384. The molecule has 1 aliphatic rings. The fraction of sp³-hybridized carbons (Fsp3) is 0.111. The summed E-state index contributed by atoms with van der Waals surface area (Å²) in [5.41, 5.74) is 0.864. The molecule has 1 aliphatic heterocycles. The molecule has 3 rings (SSSR count). The first-order valence-electron chi connectivity index (χ1n) is 7.51. The molecular weight excluding hydrogens is 340 g/mol. The van der Waals surface area contributed by atoms with Crippen molar-refractivity contribution in [2.24, 2.45) is 4.99 Å². The number of hydrogen-bond donors (Lipinski definition) is 0. The Morgan fingerprint density at radius 2 is 1.96 bits per heavy atom. The second-order valence-corrected chi connectivity index (χ2v) is 5.25. The molecule has 0 radical (unpaired) electrons. The zero-order valence-corrected chi connectivity index (χ0v) is 14.0. The molecule has 0 amide bonds. The number of aliphatic imine (C=N–C) groups is 1. The number of benzene rings is 2. The molecular formula is C18H14N2O6. The molecule has 2 aromatic carbocycles. The molecule has 0 aliphatic carbocycles. The average Bonchev–Trinajstić information content (AvgIpc) is 3.02. The van der Waals surface area contributed by atoms with Crippen molar-refractivity contribution in [1.82, 2.24) is 0 Å². The molecule has 0 bridgehead atoms. The van der Waals surface area contributed by atoms with Crippen LogP contribution in [0.15, 0.2) is 53.2 Å². The van der Waals surface area contributed by atoms with E-state index in [2.05, 4.69) is 4.99 Å². The summed E-state index contributed by atoms with van der Waals surface area (Å²) in [5, 5.41) is 10.9. The first-order valence-corrected chi connectivity index (χ1v) is 7.51. The Kier molecular flexibility index (Phi) is 4.66. The number of non-ortho nitro benzene ring substituents is 1. The van der Waals surface area contributed by atoms with Crippen molar-refractivity contribution < 1.29 is 23.9 Å². The van der Waals surface area contributed by atoms with Crippen LogP contribution in [0.2, 0.25) is 0 Å². The maximum absolute atomic E-state index is 12.1. The van der Waals surface area contributed by atoms with E-state index in [1.807, 2.05) is 0 Å². The highest BCUT2D eigenvalue weighted by molar-refractivity contribution is 6.13. The van der Waals surface area contributed by atoms with E-state index < -0.39 is 10.9 Å². The van der Waals surface area contributed by atoms with E-state index in [1.54, 1.807) is 24.3 Å². The summed E-state index contributed by atoms with van der Waals surface area (Å²) in [6.07, 6.45) is 1.51. The number of esters is 1. The van der Waals surface area contributed by atoms with E-state index in [-0.39, 0.29) is 17.3 Å². The number of hydrogen-bond acceptors (Lipinski definition) is 7. The van der Waals surface area contributed by atoms with Gasteiger partial charge in [0.25, 0.3) is 5.69 Å². The van der Waals surface area contributed by atoms with Crippen LogP contribution in [-0.4, -0.2) is 31.0 Å². The summed E-state index contributed by atoms with van der Waals surface area (Å²) in [6, 6.07) is 10.8. The summed E-state index contributed by atoms with van der Waals surface area (Å²) in [4.78, 5) is 26.6. The normalized spacial score (nSPS) is 14.8. The maximum Gasteiger partial charge on any atom is 0.363 e. The maximum atomic E-state index is 12.1. The number of rotatable bonds is 5. The Morgan fingerprint density at radius 3 is 2.65 bits per heavy atom. The lowest BCUT2D eigenvalue weighted by atomic mass is 10.1. The predicted octanol–water partition coefficient (Wildman–Crippen LogP) is 2.96. The molecule has 0 fully saturated rings. The van der Waals surface area contributed by atoms with E-state index in [1.165, 1.54) is 38.5 Å². The van der Waals surface area contributed by atoms with Crippen molar-refractivity contribution in [3.05, 3.63) is 69.4 Å². The minimum atomic E-state index is -0.656. The van der Waals surface area contributed by atoms with Crippen molar-refractivity contribution in [2.75, 3.05) is 14.2 Å². The third-order valence-corrected chi connectivity index (χ3v) is 3.65. The first-order chi connectivity index (χ1) is 12.5. The molecule has 8 heteroatoms. The number of carbonyl (C=O) groups excluding carboxylic acids is 1. The molecule has 0 N–H and O–H groups in total. The van der Waals surface area contributed by atoms with Gasteiger partial charge < -0.3 is 14.2 Å². The third-order valence-electron chi connectivity index (χ3n) is 3.65. The number of carbonyl (C=O) groups is 1. The minimum absolute atomic E-state index is 0.00631. The highest BCUT2D eigenvalue weighted by Gasteiger charge is 2.25. The van der Waals surface area contributed by atoms with Crippen molar-refractivity contribution in [3.63, 3.8) is 0 Å². The molecule has 1 heterocycles. The second kappa shape index (κ2) is 7.06.